The Bertz CT molecular complexity index is 873. The molecule has 1 aliphatic heterocycles. The first-order valence-electron chi connectivity index (χ1n) is 7.02. The summed E-state index contributed by atoms with van der Waals surface area (Å²) in [5.74, 6) is 0.911. The van der Waals surface area contributed by atoms with Gasteiger partial charge in [0.15, 0.2) is 5.11 Å². The van der Waals surface area contributed by atoms with Crippen LogP contribution in [0.2, 0.25) is 0 Å². The lowest BCUT2D eigenvalue weighted by Gasteiger charge is -2.18. The molecule has 110 valence electrons. The van der Waals surface area contributed by atoms with Crippen LogP contribution in [0, 0.1) is 0 Å². The SMILES string of the molecule is S=C(Nc1cccc(Br)c1)N1CCn2c1nc1ccccc12. The van der Waals surface area contributed by atoms with E-state index in [9.17, 15) is 0 Å². The van der Waals surface area contributed by atoms with E-state index in [0.717, 1.165) is 40.2 Å². The van der Waals surface area contributed by atoms with E-state index >= 15 is 0 Å². The highest BCUT2D eigenvalue weighted by atomic mass is 79.9. The fourth-order valence-corrected chi connectivity index (χ4v) is 3.43. The first kappa shape index (κ1) is 13.7. The van der Waals surface area contributed by atoms with Crippen molar-refractivity contribution in [3.8, 4) is 0 Å². The summed E-state index contributed by atoms with van der Waals surface area (Å²) in [5, 5.41) is 3.96. The zero-order valence-electron chi connectivity index (χ0n) is 11.7. The molecule has 22 heavy (non-hydrogen) atoms. The number of aromatic nitrogens is 2. The van der Waals surface area contributed by atoms with Crippen LogP contribution in [0.1, 0.15) is 0 Å². The van der Waals surface area contributed by atoms with Crippen LogP contribution in [-0.4, -0.2) is 21.2 Å². The average molecular weight is 373 g/mol. The molecule has 1 N–H and O–H groups in total. The number of para-hydroxylation sites is 2. The van der Waals surface area contributed by atoms with Crippen molar-refractivity contribution in [2.75, 3.05) is 16.8 Å². The highest BCUT2D eigenvalue weighted by molar-refractivity contribution is 9.10. The fourth-order valence-electron chi connectivity index (χ4n) is 2.74. The number of nitrogens with zero attached hydrogens (tertiary/aromatic N) is 3. The number of thiocarbonyl (C=S) groups is 1. The van der Waals surface area contributed by atoms with Crippen molar-refractivity contribution in [1.82, 2.24) is 9.55 Å². The molecule has 2 heterocycles. The Morgan fingerprint density at radius 3 is 2.86 bits per heavy atom. The minimum atomic E-state index is 0.673. The maximum atomic E-state index is 5.57. The van der Waals surface area contributed by atoms with Gasteiger partial charge in [-0.2, -0.15) is 0 Å². The Labute approximate surface area is 141 Å². The summed E-state index contributed by atoms with van der Waals surface area (Å²) < 4.78 is 3.23. The van der Waals surface area contributed by atoms with Crippen molar-refractivity contribution in [3.05, 3.63) is 53.0 Å². The van der Waals surface area contributed by atoms with Gasteiger partial charge in [-0.3, -0.25) is 4.90 Å². The summed E-state index contributed by atoms with van der Waals surface area (Å²) in [5.41, 5.74) is 3.13. The van der Waals surface area contributed by atoms with E-state index < -0.39 is 0 Å². The molecule has 4 nitrogen and oxygen atoms in total. The number of hydrogen-bond acceptors (Lipinski definition) is 2. The maximum absolute atomic E-state index is 5.57. The van der Waals surface area contributed by atoms with E-state index in [4.69, 9.17) is 17.2 Å². The van der Waals surface area contributed by atoms with E-state index in [1.807, 2.05) is 42.5 Å². The normalized spacial score (nSPS) is 13.4. The Kier molecular flexibility index (Phi) is 3.35. The predicted molar refractivity (Wildman–Crippen MR) is 97.4 cm³/mol. The molecular formula is C16H13BrN4S. The minimum Gasteiger partial charge on any atom is -0.332 e. The number of anilines is 2. The zero-order valence-corrected chi connectivity index (χ0v) is 14.1. The third-order valence-corrected chi connectivity index (χ3v) is 4.56. The molecule has 0 saturated heterocycles. The third kappa shape index (κ3) is 2.28. The van der Waals surface area contributed by atoms with Crippen molar-refractivity contribution in [2.24, 2.45) is 0 Å². The highest BCUT2D eigenvalue weighted by Gasteiger charge is 2.26. The fraction of sp³-hybridized carbons (Fsp3) is 0.125. The second kappa shape index (κ2) is 5.37. The van der Waals surface area contributed by atoms with E-state index in [-0.39, 0.29) is 0 Å². The Balaban J connectivity index is 1.64. The van der Waals surface area contributed by atoms with Crippen LogP contribution in [0.15, 0.2) is 53.0 Å². The van der Waals surface area contributed by atoms with Crippen LogP contribution in [0.3, 0.4) is 0 Å². The summed E-state index contributed by atoms with van der Waals surface area (Å²) >= 11 is 9.04. The van der Waals surface area contributed by atoms with Gasteiger partial charge in [0, 0.05) is 23.2 Å². The molecule has 1 aromatic heterocycles. The smallest absolute Gasteiger partial charge is 0.213 e. The van der Waals surface area contributed by atoms with Gasteiger partial charge in [0.2, 0.25) is 5.95 Å². The molecule has 1 aliphatic rings. The second-order valence-electron chi connectivity index (χ2n) is 5.14. The molecule has 0 aliphatic carbocycles. The van der Waals surface area contributed by atoms with Gasteiger partial charge in [-0.1, -0.05) is 34.1 Å². The van der Waals surface area contributed by atoms with Gasteiger partial charge >= 0.3 is 0 Å². The molecule has 0 amide bonds. The van der Waals surface area contributed by atoms with Gasteiger partial charge < -0.3 is 9.88 Å². The lowest BCUT2D eigenvalue weighted by Crippen LogP contribution is -2.33. The second-order valence-corrected chi connectivity index (χ2v) is 6.45. The Morgan fingerprint density at radius 1 is 1.14 bits per heavy atom. The lowest BCUT2D eigenvalue weighted by atomic mass is 10.3. The molecule has 0 bridgehead atoms. The number of rotatable bonds is 1. The maximum Gasteiger partial charge on any atom is 0.213 e. The number of benzene rings is 2. The molecule has 0 saturated carbocycles. The summed E-state index contributed by atoms with van der Waals surface area (Å²) in [6.07, 6.45) is 0. The Morgan fingerprint density at radius 2 is 2.00 bits per heavy atom. The van der Waals surface area contributed by atoms with Crippen molar-refractivity contribution >= 4 is 55.9 Å². The minimum absolute atomic E-state index is 0.673. The molecule has 0 atom stereocenters. The standard InChI is InChI=1S/C16H13BrN4S/c17-11-4-3-5-12(10-11)18-16(22)21-9-8-20-14-7-2-1-6-13(14)19-15(20)21/h1-7,10H,8-9H2,(H,18,22). The number of imidazole rings is 1. The van der Waals surface area contributed by atoms with Crippen LogP contribution in [0.4, 0.5) is 11.6 Å². The van der Waals surface area contributed by atoms with Crippen molar-refractivity contribution < 1.29 is 0 Å². The largest absolute Gasteiger partial charge is 0.332 e. The molecule has 2 aromatic carbocycles. The van der Waals surface area contributed by atoms with Crippen molar-refractivity contribution in [1.29, 1.82) is 0 Å². The summed E-state index contributed by atoms with van der Waals surface area (Å²) in [6, 6.07) is 16.1. The molecule has 4 rings (SSSR count). The number of hydrogen-bond donors (Lipinski definition) is 1. The van der Waals surface area contributed by atoms with Crippen LogP contribution >= 0.6 is 28.1 Å². The van der Waals surface area contributed by atoms with Gasteiger partial charge in [-0.25, -0.2) is 4.98 Å². The number of halogens is 1. The Hall–Kier alpha value is -1.92. The molecule has 0 fully saturated rings. The molecular weight excluding hydrogens is 360 g/mol. The third-order valence-electron chi connectivity index (χ3n) is 3.74. The van der Waals surface area contributed by atoms with Gasteiger partial charge in [0.1, 0.15) is 0 Å². The van der Waals surface area contributed by atoms with E-state index in [1.165, 1.54) is 0 Å². The summed E-state index contributed by atoms with van der Waals surface area (Å²) in [4.78, 5) is 6.76. The van der Waals surface area contributed by atoms with E-state index in [2.05, 4.69) is 36.8 Å². The quantitative estimate of drug-likeness (QED) is 0.654. The highest BCUT2D eigenvalue weighted by Crippen LogP contribution is 2.28. The van der Waals surface area contributed by atoms with Gasteiger partial charge in [-0.05, 0) is 42.5 Å². The zero-order chi connectivity index (χ0) is 15.1. The average Bonchev–Trinajstić information content (AvgIpc) is 3.05. The van der Waals surface area contributed by atoms with Crippen molar-refractivity contribution in [2.45, 2.75) is 6.54 Å². The van der Waals surface area contributed by atoms with Gasteiger partial charge in [0.05, 0.1) is 11.0 Å². The van der Waals surface area contributed by atoms with E-state index in [0.29, 0.717) is 5.11 Å². The van der Waals surface area contributed by atoms with Crippen LogP contribution in [0.25, 0.3) is 11.0 Å². The molecule has 3 aromatic rings. The summed E-state index contributed by atoms with van der Waals surface area (Å²) in [7, 11) is 0. The molecule has 0 radical (unpaired) electrons. The van der Waals surface area contributed by atoms with Gasteiger partial charge in [0.25, 0.3) is 0 Å². The first-order chi connectivity index (χ1) is 10.7. The van der Waals surface area contributed by atoms with Crippen LogP contribution in [0.5, 0.6) is 0 Å². The topological polar surface area (TPSA) is 33.1 Å². The first-order valence-corrected chi connectivity index (χ1v) is 8.22. The lowest BCUT2D eigenvalue weighted by molar-refractivity contribution is 0.829. The molecule has 6 heteroatoms. The summed E-state index contributed by atoms with van der Waals surface area (Å²) in [6.45, 7) is 1.74. The van der Waals surface area contributed by atoms with Crippen molar-refractivity contribution in [3.63, 3.8) is 0 Å². The number of nitrogens with one attached hydrogen (secondary N) is 1. The molecule has 0 unspecified atom stereocenters. The van der Waals surface area contributed by atoms with E-state index in [1.54, 1.807) is 0 Å². The van der Waals surface area contributed by atoms with Gasteiger partial charge in [-0.15, -0.1) is 0 Å². The van der Waals surface area contributed by atoms with Crippen LogP contribution < -0.4 is 10.2 Å². The van der Waals surface area contributed by atoms with Crippen LogP contribution in [-0.2, 0) is 6.54 Å². The monoisotopic (exact) mass is 372 g/mol. The molecule has 0 spiro atoms. The predicted octanol–water partition coefficient (Wildman–Crippen LogP) is 4.02. The number of fused-ring (bicyclic) bond motifs is 3.